The van der Waals surface area contributed by atoms with Crippen molar-refractivity contribution in [1.82, 2.24) is 5.16 Å². The van der Waals surface area contributed by atoms with Gasteiger partial charge in [0.1, 0.15) is 6.10 Å². The molecule has 0 amide bonds. The third-order valence-corrected chi connectivity index (χ3v) is 6.09. The highest BCUT2D eigenvalue weighted by Gasteiger charge is 2.21. The highest BCUT2D eigenvalue weighted by Crippen LogP contribution is 2.31. The summed E-state index contributed by atoms with van der Waals surface area (Å²) in [6.45, 7) is 3.58. The van der Waals surface area contributed by atoms with Crippen LogP contribution in [0.4, 0.5) is 0 Å². The van der Waals surface area contributed by atoms with Crippen molar-refractivity contribution in [2.24, 2.45) is 0 Å². The normalized spacial score (nSPS) is 11.7. The summed E-state index contributed by atoms with van der Waals surface area (Å²) in [4.78, 5) is 23.6. The zero-order valence-electron chi connectivity index (χ0n) is 19.3. The third kappa shape index (κ3) is 5.78. The van der Waals surface area contributed by atoms with Crippen LogP contribution in [0, 0.1) is 6.92 Å². The zero-order valence-corrected chi connectivity index (χ0v) is 20.1. The molecule has 3 aromatic carbocycles. The highest BCUT2D eigenvalue weighted by molar-refractivity contribution is 6.31. The molecule has 0 spiro atoms. The Hall–Kier alpha value is -3.90. The fourth-order valence-electron chi connectivity index (χ4n) is 3.88. The third-order valence-electron chi connectivity index (χ3n) is 5.75. The molecule has 1 aromatic heterocycles. The molecule has 0 saturated carbocycles. The average molecular weight is 490 g/mol. The number of aryl methyl sites for hydroxylation is 1. The lowest BCUT2D eigenvalue weighted by Crippen LogP contribution is -2.12. The van der Waals surface area contributed by atoms with Crippen molar-refractivity contribution in [2.75, 3.05) is 0 Å². The van der Waals surface area contributed by atoms with E-state index in [2.05, 4.69) is 5.16 Å². The molecule has 1 atom stereocenters. The first-order valence-electron chi connectivity index (χ1n) is 11.1. The van der Waals surface area contributed by atoms with Gasteiger partial charge >= 0.3 is 11.9 Å². The number of esters is 1. The summed E-state index contributed by atoms with van der Waals surface area (Å²) >= 11 is 6.22. The Kier molecular flexibility index (Phi) is 7.32. The number of aromatic nitrogens is 1. The van der Waals surface area contributed by atoms with Gasteiger partial charge in [0, 0.05) is 21.7 Å². The first-order chi connectivity index (χ1) is 16.8. The topological polar surface area (TPSA) is 89.6 Å². The lowest BCUT2D eigenvalue weighted by atomic mass is 9.99. The predicted molar refractivity (Wildman–Crippen MR) is 133 cm³/mol. The van der Waals surface area contributed by atoms with Crippen molar-refractivity contribution >= 4 is 23.5 Å². The van der Waals surface area contributed by atoms with E-state index in [1.54, 1.807) is 19.9 Å². The number of ether oxygens (including phenoxy) is 1. The second kappa shape index (κ2) is 10.6. The van der Waals surface area contributed by atoms with Crippen LogP contribution in [0.25, 0.3) is 22.5 Å². The Morgan fingerprint density at radius 3 is 2.17 bits per heavy atom. The first-order valence-corrected chi connectivity index (χ1v) is 11.5. The molecule has 1 heterocycles. The van der Waals surface area contributed by atoms with Crippen molar-refractivity contribution in [3.05, 3.63) is 100 Å². The Balaban J connectivity index is 1.48. The predicted octanol–water partition coefficient (Wildman–Crippen LogP) is 6.44. The Morgan fingerprint density at radius 1 is 0.943 bits per heavy atom. The molecule has 4 aromatic rings. The fourth-order valence-corrected chi connectivity index (χ4v) is 4.17. The van der Waals surface area contributed by atoms with Crippen LogP contribution in [-0.4, -0.2) is 22.2 Å². The average Bonchev–Trinajstić information content (AvgIpc) is 3.19. The number of carbonyl (C=O) groups excluding carboxylic acids is 1. The second-order valence-electron chi connectivity index (χ2n) is 8.25. The van der Waals surface area contributed by atoms with E-state index in [1.165, 1.54) is 0 Å². The monoisotopic (exact) mass is 489 g/mol. The van der Waals surface area contributed by atoms with Crippen LogP contribution in [0.5, 0.6) is 0 Å². The maximum atomic E-state index is 12.7. The highest BCUT2D eigenvalue weighted by atomic mass is 35.5. The number of rotatable bonds is 8. The van der Waals surface area contributed by atoms with Crippen molar-refractivity contribution in [1.29, 1.82) is 0 Å². The Labute approximate surface area is 208 Å². The number of carboxylic acids is 1. The van der Waals surface area contributed by atoms with Crippen molar-refractivity contribution in [3.8, 4) is 22.5 Å². The molecule has 0 saturated heterocycles. The maximum Gasteiger partial charge on any atom is 0.311 e. The van der Waals surface area contributed by atoms with E-state index >= 15 is 0 Å². The molecular formula is C28H24ClNO5. The lowest BCUT2D eigenvalue weighted by molar-refractivity contribution is -0.147. The van der Waals surface area contributed by atoms with Crippen molar-refractivity contribution < 1.29 is 24.0 Å². The van der Waals surface area contributed by atoms with E-state index in [4.69, 9.17) is 26.0 Å². The largest absolute Gasteiger partial charge is 0.481 e. The molecule has 1 N–H and O–H groups in total. The maximum absolute atomic E-state index is 12.7. The molecule has 0 bridgehead atoms. The molecule has 4 rings (SSSR count). The van der Waals surface area contributed by atoms with E-state index in [0.717, 1.165) is 27.8 Å². The number of hydrogen-bond donors (Lipinski definition) is 1. The van der Waals surface area contributed by atoms with Gasteiger partial charge < -0.3 is 14.4 Å². The molecule has 0 aliphatic heterocycles. The number of nitrogens with zero attached hydrogens (tertiary/aromatic N) is 1. The molecule has 0 aliphatic rings. The minimum absolute atomic E-state index is 0.00750. The molecular weight excluding hydrogens is 466 g/mol. The zero-order chi connectivity index (χ0) is 24.9. The van der Waals surface area contributed by atoms with Crippen LogP contribution in [0.2, 0.25) is 5.02 Å². The molecule has 7 heteroatoms. The summed E-state index contributed by atoms with van der Waals surface area (Å²) in [5.74, 6) is -0.737. The van der Waals surface area contributed by atoms with Crippen LogP contribution in [0.3, 0.4) is 0 Å². The number of halogens is 1. The van der Waals surface area contributed by atoms with Crippen LogP contribution in [0.1, 0.15) is 35.4 Å². The Bertz CT molecular complexity index is 1340. The summed E-state index contributed by atoms with van der Waals surface area (Å²) < 4.78 is 11.2. The Morgan fingerprint density at radius 2 is 1.54 bits per heavy atom. The smallest absolute Gasteiger partial charge is 0.311 e. The SMILES string of the molecule is Cc1noc(-c2ccc(-c3ccc(CC(=O)O)cc3)cc2)c1CC(=O)O[C@@H](C)c1ccccc1Cl. The number of benzene rings is 3. The van der Waals surface area contributed by atoms with Crippen LogP contribution >= 0.6 is 11.6 Å². The van der Waals surface area contributed by atoms with Gasteiger partial charge in [-0.1, -0.05) is 83.5 Å². The van der Waals surface area contributed by atoms with E-state index < -0.39 is 18.0 Å². The van der Waals surface area contributed by atoms with E-state index in [1.807, 2.05) is 66.7 Å². The molecule has 0 radical (unpaired) electrons. The van der Waals surface area contributed by atoms with E-state index in [-0.39, 0.29) is 12.8 Å². The molecule has 35 heavy (non-hydrogen) atoms. The quantitative estimate of drug-likeness (QED) is 0.286. The van der Waals surface area contributed by atoms with Gasteiger partial charge in [0.25, 0.3) is 0 Å². The van der Waals surface area contributed by atoms with Gasteiger partial charge in [-0.2, -0.15) is 0 Å². The van der Waals surface area contributed by atoms with Crippen molar-refractivity contribution in [2.45, 2.75) is 32.8 Å². The minimum atomic E-state index is -0.859. The van der Waals surface area contributed by atoms with Gasteiger partial charge in [0.05, 0.1) is 18.5 Å². The molecule has 6 nitrogen and oxygen atoms in total. The van der Waals surface area contributed by atoms with Crippen molar-refractivity contribution in [3.63, 3.8) is 0 Å². The molecule has 0 fully saturated rings. The summed E-state index contributed by atoms with van der Waals surface area (Å²) in [5.41, 5.74) is 5.52. The van der Waals surface area contributed by atoms with Crippen LogP contribution in [-0.2, 0) is 27.2 Å². The molecule has 0 unspecified atom stereocenters. The van der Waals surface area contributed by atoms with Gasteiger partial charge in [0.2, 0.25) is 0 Å². The summed E-state index contributed by atoms with van der Waals surface area (Å²) in [6.07, 6.45) is -0.473. The number of aliphatic carboxylic acids is 1. The number of hydrogen-bond acceptors (Lipinski definition) is 5. The van der Waals surface area contributed by atoms with E-state index in [0.29, 0.717) is 22.0 Å². The number of carboxylic acid groups (broad SMARTS) is 1. The molecule has 0 aliphatic carbocycles. The van der Waals surface area contributed by atoms with Crippen LogP contribution < -0.4 is 0 Å². The van der Waals surface area contributed by atoms with Crippen LogP contribution in [0.15, 0.2) is 77.3 Å². The standard InChI is InChI=1S/C28H24ClNO5/c1-17-24(16-27(33)34-18(2)23-5-3-4-6-25(23)29)28(35-30-17)22-13-11-21(12-14-22)20-9-7-19(8-10-20)15-26(31)32/h3-14,18H,15-16H2,1-2H3,(H,31,32)/t18-/m0/s1. The second-order valence-corrected chi connectivity index (χ2v) is 8.66. The summed E-state index contributed by atoms with van der Waals surface area (Å²) in [7, 11) is 0. The van der Waals surface area contributed by atoms with Gasteiger partial charge in [0.15, 0.2) is 5.76 Å². The minimum Gasteiger partial charge on any atom is -0.481 e. The lowest BCUT2D eigenvalue weighted by Gasteiger charge is -2.15. The number of carbonyl (C=O) groups is 2. The van der Waals surface area contributed by atoms with Gasteiger partial charge in [-0.15, -0.1) is 0 Å². The fraction of sp³-hybridized carbons (Fsp3) is 0.179. The summed E-state index contributed by atoms with van der Waals surface area (Å²) in [5, 5.41) is 13.5. The van der Waals surface area contributed by atoms with Gasteiger partial charge in [-0.05, 0) is 36.6 Å². The summed E-state index contributed by atoms with van der Waals surface area (Å²) in [6, 6.07) is 22.4. The van der Waals surface area contributed by atoms with Gasteiger partial charge in [-0.25, -0.2) is 0 Å². The first kappa shape index (κ1) is 24.2. The van der Waals surface area contributed by atoms with Gasteiger partial charge in [-0.3, -0.25) is 9.59 Å². The molecule has 178 valence electrons. The van der Waals surface area contributed by atoms with E-state index in [9.17, 15) is 9.59 Å².